The van der Waals surface area contributed by atoms with Crippen molar-refractivity contribution in [2.24, 2.45) is 0 Å². The highest BCUT2D eigenvalue weighted by atomic mass is 19.1. The molecule has 1 saturated heterocycles. The highest BCUT2D eigenvalue weighted by Gasteiger charge is 2.25. The van der Waals surface area contributed by atoms with E-state index >= 15 is 0 Å². The molecule has 2 rings (SSSR count). The number of nitrogens with zero attached hydrogens (tertiary/aromatic N) is 2. The maximum atomic E-state index is 13.0. The average molecular weight is 304 g/mol. The van der Waals surface area contributed by atoms with Gasteiger partial charge in [-0.3, -0.25) is 4.79 Å². The third-order valence-corrected chi connectivity index (χ3v) is 4.13. The average Bonchev–Trinajstić information content (AvgIpc) is 2.47. The highest BCUT2D eigenvalue weighted by molar-refractivity contribution is 5.95. The monoisotopic (exact) mass is 304 g/mol. The molecule has 3 nitrogen and oxygen atoms in total. The Morgan fingerprint density at radius 3 is 2.64 bits per heavy atom. The van der Waals surface area contributed by atoms with Gasteiger partial charge in [0.1, 0.15) is 5.82 Å². The lowest BCUT2D eigenvalue weighted by Crippen LogP contribution is -2.47. The maximum absolute atomic E-state index is 13.0. The van der Waals surface area contributed by atoms with E-state index in [0.717, 1.165) is 37.1 Å². The first kappa shape index (κ1) is 16.7. The van der Waals surface area contributed by atoms with E-state index in [2.05, 4.69) is 4.90 Å². The minimum atomic E-state index is -0.259. The molecule has 1 aromatic rings. The van der Waals surface area contributed by atoms with Crippen molar-refractivity contribution in [3.8, 4) is 0 Å². The van der Waals surface area contributed by atoms with Gasteiger partial charge in [0.2, 0.25) is 5.91 Å². The molecule has 0 saturated carbocycles. The summed E-state index contributed by atoms with van der Waals surface area (Å²) in [5.41, 5.74) is 1.76. The second kappa shape index (κ2) is 7.54. The largest absolute Gasteiger partial charge is 0.335 e. The molecule has 0 radical (unpaired) electrons. The lowest BCUT2D eigenvalue weighted by molar-refractivity contribution is -0.129. The summed E-state index contributed by atoms with van der Waals surface area (Å²) in [4.78, 5) is 16.7. The van der Waals surface area contributed by atoms with Crippen molar-refractivity contribution in [2.75, 3.05) is 27.2 Å². The standard InChI is InChI=1S/C18H25FN2O/c1-14(15-7-9-16(19)10-8-15)12-18(22)21-11-5-4-6-17(21)13-20(2)3/h7-10,12,17H,4-6,11,13H2,1-3H3. The number of hydrogen-bond donors (Lipinski definition) is 0. The van der Waals surface area contributed by atoms with Gasteiger partial charge in [-0.25, -0.2) is 4.39 Å². The van der Waals surface area contributed by atoms with Crippen LogP contribution in [0.2, 0.25) is 0 Å². The molecule has 0 aromatic heterocycles. The Morgan fingerprint density at radius 1 is 1.32 bits per heavy atom. The number of allylic oxidation sites excluding steroid dienone is 1. The number of likely N-dealkylation sites (tertiary alicyclic amines) is 1. The molecule has 0 N–H and O–H groups in total. The first-order chi connectivity index (χ1) is 10.5. The topological polar surface area (TPSA) is 23.6 Å². The Morgan fingerprint density at radius 2 is 2.00 bits per heavy atom. The van der Waals surface area contributed by atoms with E-state index in [9.17, 15) is 9.18 Å². The van der Waals surface area contributed by atoms with E-state index in [1.165, 1.54) is 18.6 Å². The van der Waals surface area contributed by atoms with Crippen LogP contribution in [-0.4, -0.2) is 48.9 Å². The van der Waals surface area contributed by atoms with Crippen LogP contribution in [0.3, 0.4) is 0 Å². The molecule has 1 aromatic carbocycles. The van der Waals surface area contributed by atoms with Crippen LogP contribution in [0.25, 0.3) is 5.57 Å². The van der Waals surface area contributed by atoms with Crippen molar-refractivity contribution in [2.45, 2.75) is 32.2 Å². The van der Waals surface area contributed by atoms with Gasteiger partial charge in [0, 0.05) is 25.2 Å². The lowest BCUT2D eigenvalue weighted by Gasteiger charge is -2.36. The summed E-state index contributed by atoms with van der Waals surface area (Å²) in [5.74, 6) is -0.196. The van der Waals surface area contributed by atoms with Gasteiger partial charge in [0.05, 0.1) is 0 Å². The van der Waals surface area contributed by atoms with Gasteiger partial charge in [-0.1, -0.05) is 12.1 Å². The Labute approximate surface area is 132 Å². The molecule has 22 heavy (non-hydrogen) atoms. The minimum absolute atomic E-state index is 0.0633. The third kappa shape index (κ3) is 4.41. The van der Waals surface area contributed by atoms with Gasteiger partial charge in [-0.15, -0.1) is 0 Å². The van der Waals surface area contributed by atoms with Crippen LogP contribution in [0.15, 0.2) is 30.3 Å². The number of amides is 1. The zero-order valence-corrected chi connectivity index (χ0v) is 13.7. The number of carbonyl (C=O) groups is 1. The first-order valence-corrected chi connectivity index (χ1v) is 7.87. The predicted octanol–water partition coefficient (Wildman–Crippen LogP) is 3.17. The molecular weight excluding hydrogens is 279 g/mol. The molecular formula is C18H25FN2O. The molecule has 1 aliphatic heterocycles. The van der Waals surface area contributed by atoms with E-state index in [-0.39, 0.29) is 17.8 Å². The summed E-state index contributed by atoms with van der Waals surface area (Å²) in [5, 5.41) is 0. The number of carbonyl (C=O) groups excluding carboxylic acids is 1. The van der Waals surface area contributed by atoms with Gasteiger partial charge < -0.3 is 9.80 Å². The van der Waals surface area contributed by atoms with Crippen molar-refractivity contribution in [1.82, 2.24) is 9.80 Å². The summed E-state index contributed by atoms with van der Waals surface area (Å²) in [6.45, 7) is 3.62. The van der Waals surface area contributed by atoms with Crippen LogP contribution in [0, 0.1) is 5.82 Å². The van der Waals surface area contributed by atoms with E-state index in [0.29, 0.717) is 0 Å². The van der Waals surface area contributed by atoms with E-state index in [4.69, 9.17) is 0 Å². The minimum Gasteiger partial charge on any atom is -0.335 e. The molecule has 4 heteroatoms. The Kier molecular flexibility index (Phi) is 5.72. The van der Waals surface area contributed by atoms with Crippen molar-refractivity contribution < 1.29 is 9.18 Å². The van der Waals surface area contributed by atoms with Crippen molar-refractivity contribution in [3.05, 3.63) is 41.7 Å². The van der Waals surface area contributed by atoms with Gasteiger partial charge in [0.25, 0.3) is 0 Å². The second-order valence-corrected chi connectivity index (χ2v) is 6.28. The van der Waals surface area contributed by atoms with Crippen LogP contribution in [0.1, 0.15) is 31.7 Å². The van der Waals surface area contributed by atoms with Crippen molar-refractivity contribution in [1.29, 1.82) is 0 Å². The molecule has 1 amide bonds. The summed E-state index contributed by atoms with van der Waals surface area (Å²) < 4.78 is 13.0. The smallest absolute Gasteiger partial charge is 0.247 e. The lowest BCUT2D eigenvalue weighted by atomic mass is 10.0. The quantitative estimate of drug-likeness (QED) is 0.798. The molecule has 1 atom stereocenters. The van der Waals surface area contributed by atoms with Gasteiger partial charge in [-0.05, 0) is 63.6 Å². The van der Waals surface area contributed by atoms with Gasteiger partial charge in [0.15, 0.2) is 0 Å². The number of benzene rings is 1. The fourth-order valence-electron chi connectivity index (χ4n) is 2.97. The van der Waals surface area contributed by atoms with Crippen LogP contribution in [0.5, 0.6) is 0 Å². The van der Waals surface area contributed by atoms with Gasteiger partial charge >= 0.3 is 0 Å². The molecule has 0 spiro atoms. The fourth-order valence-corrected chi connectivity index (χ4v) is 2.97. The summed E-state index contributed by atoms with van der Waals surface area (Å²) >= 11 is 0. The van der Waals surface area contributed by atoms with E-state index in [1.807, 2.05) is 25.9 Å². The van der Waals surface area contributed by atoms with E-state index in [1.54, 1.807) is 18.2 Å². The molecule has 1 unspecified atom stereocenters. The maximum Gasteiger partial charge on any atom is 0.247 e. The Bertz CT molecular complexity index is 537. The highest BCUT2D eigenvalue weighted by Crippen LogP contribution is 2.20. The zero-order valence-electron chi connectivity index (χ0n) is 13.7. The number of likely N-dealkylation sites (N-methyl/N-ethyl adjacent to an activating group) is 1. The molecule has 0 bridgehead atoms. The molecule has 1 heterocycles. The summed E-state index contributed by atoms with van der Waals surface area (Å²) in [6, 6.07) is 6.55. The van der Waals surface area contributed by atoms with Crippen LogP contribution >= 0.6 is 0 Å². The normalized spacial score (nSPS) is 19.6. The Balaban J connectivity index is 2.11. The van der Waals surface area contributed by atoms with E-state index < -0.39 is 0 Å². The summed E-state index contributed by atoms with van der Waals surface area (Å²) in [6.07, 6.45) is 5.00. The number of rotatable bonds is 4. The second-order valence-electron chi connectivity index (χ2n) is 6.28. The van der Waals surface area contributed by atoms with Gasteiger partial charge in [-0.2, -0.15) is 0 Å². The SMILES string of the molecule is CC(=CC(=O)N1CCCCC1CN(C)C)c1ccc(F)cc1. The van der Waals surface area contributed by atoms with Crippen LogP contribution in [-0.2, 0) is 4.79 Å². The number of halogens is 1. The van der Waals surface area contributed by atoms with Crippen LogP contribution in [0.4, 0.5) is 4.39 Å². The van der Waals surface area contributed by atoms with Crippen molar-refractivity contribution >= 4 is 11.5 Å². The molecule has 0 aliphatic carbocycles. The Hall–Kier alpha value is -1.68. The number of hydrogen-bond acceptors (Lipinski definition) is 2. The molecule has 1 aliphatic rings. The van der Waals surface area contributed by atoms with Crippen molar-refractivity contribution in [3.63, 3.8) is 0 Å². The summed E-state index contributed by atoms with van der Waals surface area (Å²) in [7, 11) is 4.08. The zero-order chi connectivity index (χ0) is 16.1. The number of piperidine rings is 1. The first-order valence-electron chi connectivity index (χ1n) is 7.87. The molecule has 1 fully saturated rings. The molecule has 120 valence electrons. The van der Waals surface area contributed by atoms with Crippen LogP contribution < -0.4 is 0 Å². The predicted molar refractivity (Wildman–Crippen MR) is 88.0 cm³/mol. The third-order valence-electron chi connectivity index (χ3n) is 4.13. The fraction of sp³-hybridized carbons (Fsp3) is 0.500.